The third-order valence-corrected chi connectivity index (χ3v) is 5.15. The van der Waals surface area contributed by atoms with E-state index in [0.717, 1.165) is 6.07 Å². The first-order valence-electron chi connectivity index (χ1n) is 7.89. The van der Waals surface area contributed by atoms with Gasteiger partial charge in [-0.15, -0.1) is 0 Å². The van der Waals surface area contributed by atoms with Gasteiger partial charge < -0.3 is 14.8 Å². The van der Waals surface area contributed by atoms with Crippen molar-refractivity contribution >= 4 is 28.5 Å². The van der Waals surface area contributed by atoms with Gasteiger partial charge >= 0.3 is 12.1 Å². The molecule has 26 heavy (non-hydrogen) atoms. The highest BCUT2D eigenvalue weighted by Gasteiger charge is 2.47. The number of benzene rings is 1. The molecule has 0 bridgehead atoms. The molecule has 1 aliphatic heterocycles. The minimum absolute atomic E-state index is 0.0121. The molecule has 1 atom stereocenters. The van der Waals surface area contributed by atoms with Crippen molar-refractivity contribution in [3.8, 4) is 0 Å². The molecule has 1 unspecified atom stereocenters. The maximum Gasteiger partial charge on any atom is 0.417 e. The predicted molar refractivity (Wildman–Crippen MR) is 89.1 cm³/mol. The molecule has 2 heterocycles. The Morgan fingerprint density at radius 3 is 2.69 bits per heavy atom. The molecule has 4 rings (SSSR count). The summed E-state index contributed by atoms with van der Waals surface area (Å²) in [7, 11) is 0. The van der Waals surface area contributed by atoms with Gasteiger partial charge in [0, 0.05) is 5.39 Å². The third kappa shape index (κ3) is 2.38. The van der Waals surface area contributed by atoms with Crippen LogP contribution in [0.2, 0.25) is 5.02 Å². The smallest absolute Gasteiger partial charge is 0.417 e. The largest absolute Gasteiger partial charge is 0.481 e. The summed E-state index contributed by atoms with van der Waals surface area (Å²) in [6, 6.07) is 2.15. The minimum atomic E-state index is -4.55. The van der Waals surface area contributed by atoms with Crippen LogP contribution in [0.25, 0.3) is 10.9 Å². The number of carboxylic acid groups (broad SMARTS) is 1. The average molecular weight is 384 g/mol. The molecule has 2 N–H and O–H groups in total. The lowest BCUT2D eigenvalue weighted by atomic mass is 9.79. The second-order valence-electron chi connectivity index (χ2n) is 6.30. The number of carbonyl (C=O) groups is 1. The van der Waals surface area contributed by atoms with Gasteiger partial charge in [-0.1, -0.05) is 29.8 Å². The van der Waals surface area contributed by atoms with Crippen LogP contribution in [-0.4, -0.2) is 22.7 Å². The molecule has 0 spiro atoms. The Kier molecular flexibility index (Phi) is 3.71. The maximum atomic E-state index is 13.5. The number of carboxylic acids is 1. The summed E-state index contributed by atoms with van der Waals surface area (Å²) in [4.78, 5) is 14.4. The van der Waals surface area contributed by atoms with E-state index in [2.05, 4.69) is 4.98 Å². The van der Waals surface area contributed by atoms with Gasteiger partial charge in [0.15, 0.2) is 0 Å². The highest BCUT2D eigenvalue weighted by Crippen LogP contribution is 2.49. The molecule has 2 aromatic rings. The van der Waals surface area contributed by atoms with Gasteiger partial charge in [-0.25, -0.2) is 0 Å². The molecule has 0 saturated carbocycles. The summed E-state index contributed by atoms with van der Waals surface area (Å²) < 4.78 is 46.4. The van der Waals surface area contributed by atoms with Crippen LogP contribution in [0, 0.1) is 0 Å². The Hall–Kier alpha value is -2.25. The number of allylic oxidation sites excluding steroid dienone is 2. The second-order valence-corrected chi connectivity index (χ2v) is 6.71. The normalized spacial score (nSPS) is 22.1. The van der Waals surface area contributed by atoms with Gasteiger partial charge in [0.1, 0.15) is 5.60 Å². The van der Waals surface area contributed by atoms with E-state index in [1.54, 1.807) is 18.2 Å². The van der Waals surface area contributed by atoms with E-state index in [1.807, 2.05) is 0 Å². The Bertz CT molecular complexity index is 990. The standard InChI is InChI=1S/C18H13ClF3NO3/c19-12-5-4-11(18(20,21)22)14-10-6-7-26-17(8-13(24)25,9-2-1-3-9)16(10)23-15(12)14/h1-5,23H,6-8H2,(H,24,25). The van der Waals surface area contributed by atoms with E-state index in [-0.39, 0.29) is 29.0 Å². The van der Waals surface area contributed by atoms with Crippen molar-refractivity contribution in [3.05, 3.63) is 57.8 Å². The molecular formula is C18H13ClF3NO3. The molecule has 8 heteroatoms. The molecule has 1 aromatic carbocycles. The number of alkyl halides is 3. The Morgan fingerprint density at radius 1 is 1.38 bits per heavy atom. The minimum Gasteiger partial charge on any atom is -0.481 e. The first kappa shape index (κ1) is 17.2. The average Bonchev–Trinajstić information content (AvgIpc) is 2.86. The van der Waals surface area contributed by atoms with Gasteiger partial charge in [-0.2, -0.15) is 13.2 Å². The zero-order valence-corrected chi connectivity index (χ0v) is 14.0. The number of fused-ring (bicyclic) bond motifs is 3. The van der Waals surface area contributed by atoms with Crippen molar-refractivity contribution < 1.29 is 27.8 Å². The molecular weight excluding hydrogens is 371 g/mol. The number of H-pyrrole nitrogens is 1. The fraction of sp³-hybridized carbons (Fsp3) is 0.278. The molecule has 0 radical (unpaired) electrons. The SMILES string of the molecule is O=C(O)CC1(C2=CC=C2)OCCc2c1[nH]c1c(Cl)ccc(C(F)(F)F)c21. The van der Waals surface area contributed by atoms with E-state index in [9.17, 15) is 23.1 Å². The molecule has 0 saturated heterocycles. The van der Waals surface area contributed by atoms with Crippen LogP contribution in [-0.2, 0) is 27.7 Å². The summed E-state index contributed by atoms with van der Waals surface area (Å²) in [6.07, 6.45) is 0.417. The number of ether oxygens (including phenoxy) is 1. The van der Waals surface area contributed by atoms with Crippen molar-refractivity contribution in [3.63, 3.8) is 0 Å². The van der Waals surface area contributed by atoms with Gasteiger partial charge in [0.05, 0.1) is 34.8 Å². The van der Waals surface area contributed by atoms with E-state index < -0.39 is 29.7 Å². The maximum absolute atomic E-state index is 13.5. The summed E-state index contributed by atoms with van der Waals surface area (Å²) in [6.45, 7) is 0.113. The Balaban J connectivity index is 2.04. The van der Waals surface area contributed by atoms with Crippen molar-refractivity contribution in [1.29, 1.82) is 0 Å². The van der Waals surface area contributed by atoms with Crippen LogP contribution >= 0.6 is 11.6 Å². The number of rotatable bonds is 3. The molecule has 136 valence electrons. The third-order valence-electron chi connectivity index (χ3n) is 4.84. The van der Waals surface area contributed by atoms with Gasteiger partial charge in [-0.05, 0) is 29.7 Å². The quantitative estimate of drug-likeness (QED) is 0.815. The lowest BCUT2D eigenvalue weighted by Crippen LogP contribution is -2.40. The second kappa shape index (κ2) is 5.62. The number of aliphatic carboxylic acids is 1. The van der Waals surface area contributed by atoms with Crippen molar-refractivity contribution in [2.24, 2.45) is 0 Å². The van der Waals surface area contributed by atoms with Crippen molar-refractivity contribution in [2.45, 2.75) is 24.6 Å². The highest BCUT2D eigenvalue weighted by molar-refractivity contribution is 6.35. The lowest BCUT2D eigenvalue weighted by Gasteiger charge is -2.39. The van der Waals surface area contributed by atoms with Crippen LogP contribution in [0.15, 0.2) is 35.9 Å². The van der Waals surface area contributed by atoms with Crippen LogP contribution in [0.5, 0.6) is 0 Å². The van der Waals surface area contributed by atoms with E-state index in [1.165, 1.54) is 6.07 Å². The topological polar surface area (TPSA) is 62.3 Å². The summed E-state index contributed by atoms with van der Waals surface area (Å²) >= 11 is 6.14. The summed E-state index contributed by atoms with van der Waals surface area (Å²) in [5, 5.41) is 9.52. The molecule has 2 aliphatic rings. The molecule has 1 aromatic heterocycles. The first-order chi connectivity index (χ1) is 12.2. The molecule has 4 nitrogen and oxygen atoms in total. The number of halogens is 4. The van der Waals surface area contributed by atoms with E-state index in [0.29, 0.717) is 16.8 Å². The predicted octanol–water partition coefficient (Wildman–Crippen LogP) is 4.58. The monoisotopic (exact) mass is 383 g/mol. The number of hydrogen-bond acceptors (Lipinski definition) is 2. The lowest BCUT2D eigenvalue weighted by molar-refractivity contribution is -0.145. The zero-order chi connectivity index (χ0) is 18.7. The van der Waals surface area contributed by atoms with Gasteiger partial charge in [0.2, 0.25) is 0 Å². The van der Waals surface area contributed by atoms with Crippen molar-refractivity contribution in [2.75, 3.05) is 6.61 Å². The van der Waals surface area contributed by atoms with E-state index in [4.69, 9.17) is 16.3 Å². The van der Waals surface area contributed by atoms with Crippen LogP contribution in [0.1, 0.15) is 23.2 Å². The summed E-state index contributed by atoms with van der Waals surface area (Å²) in [5.41, 5.74) is -0.649. The molecule has 0 fully saturated rings. The fourth-order valence-corrected chi connectivity index (χ4v) is 3.92. The Morgan fingerprint density at radius 2 is 2.12 bits per heavy atom. The van der Waals surface area contributed by atoms with Crippen molar-refractivity contribution in [1.82, 2.24) is 4.98 Å². The first-order valence-corrected chi connectivity index (χ1v) is 8.27. The number of nitrogens with one attached hydrogen (secondary N) is 1. The summed E-state index contributed by atoms with van der Waals surface area (Å²) in [5.74, 6) is -1.11. The molecule has 0 amide bonds. The van der Waals surface area contributed by atoms with Gasteiger partial charge in [-0.3, -0.25) is 4.79 Å². The van der Waals surface area contributed by atoms with Crippen LogP contribution in [0.3, 0.4) is 0 Å². The van der Waals surface area contributed by atoms with E-state index >= 15 is 0 Å². The molecule has 1 aliphatic carbocycles. The van der Waals surface area contributed by atoms with Crippen LogP contribution in [0.4, 0.5) is 13.2 Å². The number of aromatic nitrogens is 1. The van der Waals surface area contributed by atoms with Gasteiger partial charge in [0.25, 0.3) is 0 Å². The number of aromatic amines is 1. The Labute approximate surface area is 150 Å². The zero-order valence-electron chi connectivity index (χ0n) is 13.3. The van der Waals surface area contributed by atoms with Crippen LogP contribution < -0.4 is 0 Å². The number of hydrogen-bond donors (Lipinski definition) is 2. The fourth-order valence-electron chi connectivity index (χ4n) is 3.71. The highest BCUT2D eigenvalue weighted by atomic mass is 35.5.